The van der Waals surface area contributed by atoms with Gasteiger partial charge in [-0.1, -0.05) is 12.1 Å². The van der Waals surface area contributed by atoms with E-state index in [4.69, 9.17) is 5.73 Å². The Morgan fingerprint density at radius 1 is 1.32 bits per heavy atom. The lowest BCUT2D eigenvalue weighted by Crippen LogP contribution is -2.47. The lowest BCUT2D eigenvalue weighted by molar-refractivity contribution is -0.117. The number of nitrogens with two attached hydrogens (primary N) is 1. The molecule has 1 amide bonds. The number of benzene rings is 1. The number of amides is 1. The zero-order valence-corrected chi connectivity index (χ0v) is 17.0. The molecule has 9 heteroatoms. The van der Waals surface area contributed by atoms with Crippen molar-refractivity contribution in [2.45, 2.75) is 13.1 Å². The summed E-state index contributed by atoms with van der Waals surface area (Å²) < 4.78 is 13.6. The Morgan fingerprint density at radius 3 is 2.94 bits per heavy atom. The first kappa shape index (κ1) is 20.7. The largest absolute Gasteiger partial charge is 0.404 e. The number of nitrogens with zero attached hydrogens (tertiary/aromatic N) is 4. The number of halogens is 1. The van der Waals surface area contributed by atoms with Crippen LogP contribution in [0.3, 0.4) is 0 Å². The fourth-order valence-corrected chi connectivity index (χ4v) is 3.51. The zero-order chi connectivity index (χ0) is 21.6. The number of hydrogen-bond donors (Lipinski definition) is 3. The molecular formula is C22H24FN7O. The van der Waals surface area contributed by atoms with Crippen molar-refractivity contribution in [2.24, 2.45) is 16.6 Å². The number of imidazole rings is 1. The Hall–Kier alpha value is -3.59. The zero-order valence-electron chi connectivity index (χ0n) is 17.0. The number of para-hydroxylation sites is 2. The molecule has 1 aliphatic heterocycles. The van der Waals surface area contributed by atoms with Gasteiger partial charge in [-0.05, 0) is 24.3 Å². The molecule has 1 aromatic carbocycles. The molecule has 3 aromatic rings. The standard InChI is InChI=1S/C22H24FN7O/c23-17-4-3-7-26-20(17)11-27-22(31)16(8-24)10-25-9-15-12-30(13-15)14-21-28-18-5-1-2-6-19(18)29-21/h1-8,10,15H,9,11-14,24H2,(H,27,31)(H,28,29). The van der Waals surface area contributed by atoms with Crippen LogP contribution in [0.1, 0.15) is 11.5 Å². The van der Waals surface area contributed by atoms with Crippen LogP contribution in [0, 0.1) is 11.7 Å². The van der Waals surface area contributed by atoms with Crippen LogP contribution in [0.4, 0.5) is 4.39 Å². The van der Waals surface area contributed by atoms with Gasteiger partial charge < -0.3 is 16.0 Å². The third-order valence-corrected chi connectivity index (χ3v) is 5.13. The number of pyridine rings is 1. The number of aliphatic imine (C=N–C) groups is 1. The van der Waals surface area contributed by atoms with E-state index in [0.29, 0.717) is 12.5 Å². The SMILES string of the molecule is NC=C(C=NCC1CN(Cc2nc3ccccc3[nH]2)C1)C(=O)NCc1ncccc1F. The first-order valence-electron chi connectivity index (χ1n) is 10.1. The molecule has 2 aromatic heterocycles. The number of carbonyl (C=O) groups is 1. The molecule has 1 saturated heterocycles. The van der Waals surface area contributed by atoms with E-state index >= 15 is 0 Å². The number of nitrogens with one attached hydrogen (secondary N) is 2. The van der Waals surface area contributed by atoms with Gasteiger partial charge in [-0.25, -0.2) is 9.37 Å². The Bertz CT molecular complexity index is 1080. The third-order valence-electron chi connectivity index (χ3n) is 5.13. The van der Waals surface area contributed by atoms with Crippen molar-refractivity contribution in [1.82, 2.24) is 25.2 Å². The van der Waals surface area contributed by atoms with Crippen LogP contribution in [0.15, 0.2) is 59.4 Å². The van der Waals surface area contributed by atoms with Gasteiger partial charge in [0.1, 0.15) is 11.6 Å². The Kier molecular flexibility index (Phi) is 6.32. The summed E-state index contributed by atoms with van der Waals surface area (Å²) in [5, 5.41) is 2.60. The normalized spacial score (nSPS) is 15.5. The highest BCUT2D eigenvalue weighted by Crippen LogP contribution is 2.19. The van der Waals surface area contributed by atoms with Gasteiger partial charge in [-0.2, -0.15) is 0 Å². The minimum Gasteiger partial charge on any atom is -0.404 e. The summed E-state index contributed by atoms with van der Waals surface area (Å²) in [5.41, 5.74) is 7.98. The van der Waals surface area contributed by atoms with Crippen molar-refractivity contribution in [3.05, 3.63) is 71.7 Å². The van der Waals surface area contributed by atoms with Gasteiger partial charge in [0.15, 0.2) is 0 Å². The van der Waals surface area contributed by atoms with E-state index in [1.165, 1.54) is 30.7 Å². The summed E-state index contributed by atoms with van der Waals surface area (Å²) in [4.78, 5) is 30.7. The second-order valence-corrected chi connectivity index (χ2v) is 7.49. The molecule has 3 heterocycles. The highest BCUT2D eigenvalue weighted by molar-refractivity contribution is 6.11. The minimum absolute atomic E-state index is 0.0178. The number of aromatic amines is 1. The van der Waals surface area contributed by atoms with Gasteiger partial charge in [-0.3, -0.25) is 19.7 Å². The van der Waals surface area contributed by atoms with Gasteiger partial charge in [0.2, 0.25) is 0 Å². The summed E-state index contributed by atoms with van der Waals surface area (Å²) in [7, 11) is 0. The first-order valence-corrected chi connectivity index (χ1v) is 10.1. The maximum absolute atomic E-state index is 13.6. The molecule has 4 rings (SSSR count). The highest BCUT2D eigenvalue weighted by atomic mass is 19.1. The Labute approximate surface area is 179 Å². The highest BCUT2D eigenvalue weighted by Gasteiger charge is 2.26. The summed E-state index contributed by atoms with van der Waals surface area (Å²) in [6.45, 7) is 3.20. The maximum Gasteiger partial charge on any atom is 0.254 e. The number of H-pyrrole nitrogens is 1. The fraction of sp³-hybridized carbons (Fsp3) is 0.273. The van der Waals surface area contributed by atoms with Crippen LogP contribution < -0.4 is 11.1 Å². The van der Waals surface area contributed by atoms with Crippen LogP contribution in [0.2, 0.25) is 0 Å². The Balaban J connectivity index is 1.20. The molecule has 0 radical (unpaired) electrons. The predicted octanol–water partition coefficient (Wildman–Crippen LogP) is 1.76. The Morgan fingerprint density at radius 2 is 2.16 bits per heavy atom. The molecular weight excluding hydrogens is 397 g/mol. The van der Waals surface area contributed by atoms with Gasteiger partial charge in [-0.15, -0.1) is 0 Å². The van der Waals surface area contributed by atoms with Crippen molar-refractivity contribution in [2.75, 3.05) is 19.6 Å². The average molecular weight is 421 g/mol. The minimum atomic E-state index is -0.466. The molecule has 0 saturated carbocycles. The second kappa shape index (κ2) is 9.48. The lowest BCUT2D eigenvalue weighted by Gasteiger charge is -2.37. The van der Waals surface area contributed by atoms with Gasteiger partial charge in [0.25, 0.3) is 5.91 Å². The number of rotatable bonds is 8. The topological polar surface area (TPSA) is 112 Å². The van der Waals surface area contributed by atoms with E-state index in [0.717, 1.165) is 36.5 Å². The molecule has 8 nitrogen and oxygen atoms in total. The number of hydrogen-bond acceptors (Lipinski definition) is 6. The first-order chi connectivity index (χ1) is 15.1. The van der Waals surface area contributed by atoms with Crippen LogP contribution in [-0.2, 0) is 17.9 Å². The number of likely N-dealkylation sites (tertiary alicyclic amines) is 1. The molecule has 160 valence electrons. The number of carbonyl (C=O) groups excluding carboxylic acids is 1. The van der Waals surface area contributed by atoms with E-state index in [9.17, 15) is 9.18 Å². The van der Waals surface area contributed by atoms with E-state index in [-0.39, 0.29) is 17.8 Å². The molecule has 0 spiro atoms. The molecule has 4 N–H and O–H groups in total. The average Bonchev–Trinajstić information content (AvgIpc) is 3.16. The van der Waals surface area contributed by atoms with Crippen molar-refractivity contribution >= 4 is 23.2 Å². The number of aromatic nitrogens is 3. The summed E-state index contributed by atoms with van der Waals surface area (Å²) in [6, 6.07) is 10.8. The van der Waals surface area contributed by atoms with E-state index in [1.54, 1.807) is 0 Å². The molecule has 0 bridgehead atoms. The monoisotopic (exact) mass is 421 g/mol. The molecule has 0 aliphatic carbocycles. The van der Waals surface area contributed by atoms with E-state index in [1.807, 2.05) is 24.3 Å². The smallest absolute Gasteiger partial charge is 0.254 e. The van der Waals surface area contributed by atoms with Gasteiger partial charge in [0.05, 0.1) is 35.4 Å². The van der Waals surface area contributed by atoms with E-state index in [2.05, 4.69) is 30.2 Å². The lowest BCUT2D eigenvalue weighted by atomic mass is 10.0. The van der Waals surface area contributed by atoms with Gasteiger partial charge in [0, 0.05) is 44.2 Å². The summed E-state index contributed by atoms with van der Waals surface area (Å²) in [5.74, 6) is 0.492. The molecule has 1 aliphatic rings. The third kappa shape index (κ3) is 5.13. The molecule has 0 atom stereocenters. The number of fused-ring (bicyclic) bond motifs is 1. The molecule has 1 fully saturated rings. The van der Waals surface area contributed by atoms with Crippen LogP contribution in [0.5, 0.6) is 0 Å². The fourth-order valence-electron chi connectivity index (χ4n) is 3.51. The van der Waals surface area contributed by atoms with Crippen LogP contribution >= 0.6 is 0 Å². The van der Waals surface area contributed by atoms with Crippen molar-refractivity contribution in [3.8, 4) is 0 Å². The van der Waals surface area contributed by atoms with Crippen LogP contribution in [0.25, 0.3) is 11.0 Å². The molecule has 31 heavy (non-hydrogen) atoms. The predicted molar refractivity (Wildman–Crippen MR) is 117 cm³/mol. The quantitative estimate of drug-likeness (QED) is 0.379. The van der Waals surface area contributed by atoms with Gasteiger partial charge >= 0.3 is 0 Å². The summed E-state index contributed by atoms with van der Waals surface area (Å²) >= 11 is 0. The molecule has 0 unspecified atom stereocenters. The maximum atomic E-state index is 13.6. The summed E-state index contributed by atoms with van der Waals surface area (Å²) in [6.07, 6.45) is 4.14. The van der Waals surface area contributed by atoms with E-state index < -0.39 is 11.7 Å². The van der Waals surface area contributed by atoms with Crippen molar-refractivity contribution in [1.29, 1.82) is 0 Å². The van der Waals surface area contributed by atoms with Crippen molar-refractivity contribution < 1.29 is 9.18 Å². The van der Waals surface area contributed by atoms with Crippen molar-refractivity contribution in [3.63, 3.8) is 0 Å². The van der Waals surface area contributed by atoms with Crippen LogP contribution in [-0.4, -0.2) is 51.6 Å². The second-order valence-electron chi connectivity index (χ2n) is 7.49.